The first kappa shape index (κ1) is 12.6. The Bertz CT molecular complexity index is 416. The molecular weight excluding hydrogens is 228 g/mol. The van der Waals surface area contributed by atoms with E-state index in [2.05, 4.69) is 43.9 Å². The quantitative estimate of drug-likeness (QED) is 0.798. The van der Waals surface area contributed by atoms with Crippen molar-refractivity contribution in [2.45, 2.75) is 45.1 Å². The molecule has 1 aromatic rings. The zero-order chi connectivity index (χ0) is 12.5. The summed E-state index contributed by atoms with van der Waals surface area (Å²) in [7, 11) is 0. The van der Waals surface area contributed by atoms with Gasteiger partial charge in [-0.05, 0) is 43.5 Å². The summed E-state index contributed by atoms with van der Waals surface area (Å²) in [5.41, 5.74) is 0.188. The van der Waals surface area contributed by atoms with Crippen LogP contribution in [0.4, 0.5) is 0 Å². The molecule has 0 spiro atoms. The van der Waals surface area contributed by atoms with Crippen molar-refractivity contribution in [3.63, 3.8) is 0 Å². The fraction of sp³-hybridized carbons (Fsp3) is 0.643. The second kappa shape index (κ2) is 4.80. The first-order chi connectivity index (χ1) is 8.02. The maximum atomic E-state index is 9.37. The van der Waals surface area contributed by atoms with Crippen LogP contribution in [0.25, 0.3) is 0 Å². The van der Waals surface area contributed by atoms with E-state index in [0.29, 0.717) is 0 Å². The molecule has 0 bridgehead atoms. The Kier molecular flexibility index (Phi) is 3.56. The summed E-state index contributed by atoms with van der Waals surface area (Å²) in [4.78, 5) is 4.88. The van der Waals surface area contributed by atoms with E-state index in [1.165, 1.54) is 22.6 Å². The number of hydrogen-bond acceptors (Lipinski definition) is 3. The minimum absolute atomic E-state index is 0.0291. The van der Waals surface area contributed by atoms with Crippen molar-refractivity contribution in [3.05, 3.63) is 21.9 Å². The maximum absolute atomic E-state index is 9.37. The zero-order valence-corrected chi connectivity index (χ0v) is 11.7. The Morgan fingerprint density at radius 3 is 2.41 bits per heavy atom. The highest BCUT2D eigenvalue weighted by Crippen LogP contribution is 2.35. The molecule has 2 rings (SSSR count). The van der Waals surface area contributed by atoms with Crippen LogP contribution in [0.5, 0.6) is 0 Å². The van der Waals surface area contributed by atoms with Gasteiger partial charge >= 0.3 is 0 Å². The molecule has 1 fully saturated rings. The van der Waals surface area contributed by atoms with Crippen molar-refractivity contribution in [1.29, 1.82) is 5.26 Å². The number of hydrogen-bond donors (Lipinski definition) is 0. The van der Waals surface area contributed by atoms with E-state index in [-0.39, 0.29) is 11.5 Å². The third-order valence-corrected chi connectivity index (χ3v) is 4.83. The predicted octanol–water partition coefficient (Wildman–Crippen LogP) is 3.71. The van der Waals surface area contributed by atoms with E-state index in [9.17, 15) is 5.26 Å². The van der Waals surface area contributed by atoms with Crippen LogP contribution in [0.3, 0.4) is 0 Å². The Hall–Kier alpha value is -0.850. The van der Waals surface area contributed by atoms with Crippen molar-refractivity contribution < 1.29 is 0 Å². The molecule has 3 heteroatoms. The molecule has 0 amide bonds. The molecule has 1 aromatic heterocycles. The largest absolute Gasteiger partial charge is 0.284 e. The highest BCUT2D eigenvalue weighted by Gasteiger charge is 2.26. The van der Waals surface area contributed by atoms with Gasteiger partial charge in [0.2, 0.25) is 0 Å². The summed E-state index contributed by atoms with van der Waals surface area (Å²) in [6.45, 7) is 8.81. The first-order valence-corrected chi connectivity index (χ1v) is 7.08. The molecule has 0 radical (unpaired) electrons. The van der Waals surface area contributed by atoms with Crippen LogP contribution in [0, 0.1) is 11.3 Å². The van der Waals surface area contributed by atoms with E-state index >= 15 is 0 Å². The van der Waals surface area contributed by atoms with Crippen LogP contribution in [-0.4, -0.2) is 18.0 Å². The average Bonchev–Trinajstić information content (AvgIpc) is 2.87. The van der Waals surface area contributed by atoms with E-state index < -0.39 is 0 Å². The fourth-order valence-corrected chi connectivity index (χ4v) is 3.37. The molecule has 92 valence electrons. The molecule has 1 aliphatic rings. The minimum atomic E-state index is -0.0291. The molecule has 0 aromatic carbocycles. The van der Waals surface area contributed by atoms with E-state index in [4.69, 9.17) is 0 Å². The van der Waals surface area contributed by atoms with Crippen LogP contribution in [-0.2, 0) is 5.41 Å². The van der Waals surface area contributed by atoms with Gasteiger partial charge in [-0.3, -0.25) is 4.90 Å². The summed E-state index contributed by atoms with van der Waals surface area (Å²) in [5, 5.41) is 9.37. The average molecular weight is 248 g/mol. The van der Waals surface area contributed by atoms with Crippen LogP contribution < -0.4 is 0 Å². The Morgan fingerprint density at radius 1 is 1.29 bits per heavy atom. The molecule has 17 heavy (non-hydrogen) atoms. The Labute approximate surface area is 108 Å². The number of nitriles is 1. The molecular formula is C14H20N2S. The molecule has 2 nitrogen and oxygen atoms in total. The van der Waals surface area contributed by atoms with Crippen molar-refractivity contribution in [2.24, 2.45) is 0 Å². The lowest BCUT2D eigenvalue weighted by atomic mass is 9.95. The second-order valence-corrected chi connectivity index (χ2v) is 6.84. The molecule has 1 unspecified atom stereocenters. The topological polar surface area (TPSA) is 27.0 Å². The molecule has 1 aliphatic heterocycles. The smallest absolute Gasteiger partial charge is 0.133 e. The van der Waals surface area contributed by atoms with E-state index in [1.54, 1.807) is 11.3 Å². The van der Waals surface area contributed by atoms with Crippen LogP contribution in [0.15, 0.2) is 12.1 Å². The third kappa shape index (κ3) is 2.70. The predicted molar refractivity (Wildman–Crippen MR) is 72.2 cm³/mol. The normalized spacial score (nSPS) is 19.2. The van der Waals surface area contributed by atoms with Crippen molar-refractivity contribution >= 4 is 11.3 Å². The molecule has 0 N–H and O–H groups in total. The highest BCUT2D eigenvalue weighted by atomic mass is 32.1. The second-order valence-electron chi connectivity index (χ2n) is 5.73. The number of likely N-dealkylation sites (tertiary alicyclic amines) is 1. The molecule has 2 heterocycles. The SMILES string of the molecule is CC(C)(C)c1ccc(C(C#N)N2CCCC2)s1. The summed E-state index contributed by atoms with van der Waals surface area (Å²) in [6.07, 6.45) is 2.46. The van der Waals surface area contributed by atoms with Gasteiger partial charge in [-0.1, -0.05) is 20.8 Å². The summed E-state index contributed by atoms with van der Waals surface area (Å²) in [5.74, 6) is 0. The van der Waals surface area contributed by atoms with Gasteiger partial charge in [-0.25, -0.2) is 0 Å². The lowest BCUT2D eigenvalue weighted by molar-refractivity contribution is 0.298. The van der Waals surface area contributed by atoms with Crippen molar-refractivity contribution in [1.82, 2.24) is 4.90 Å². The third-order valence-electron chi connectivity index (χ3n) is 3.26. The number of nitrogens with zero attached hydrogens (tertiary/aromatic N) is 2. The van der Waals surface area contributed by atoms with Crippen LogP contribution in [0.2, 0.25) is 0 Å². The van der Waals surface area contributed by atoms with Gasteiger partial charge in [0.1, 0.15) is 6.04 Å². The van der Waals surface area contributed by atoms with Crippen molar-refractivity contribution in [3.8, 4) is 6.07 Å². The van der Waals surface area contributed by atoms with E-state index in [1.807, 2.05) is 0 Å². The van der Waals surface area contributed by atoms with Crippen molar-refractivity contribution in [2.75, 3.05) is 13.1 Å². The van der Waals surface area contributed by atoms with Gasteiger partial charge in [0, 0.05) is 9.75 Å². The number of rotatable bonds is 2. The Balaban J connectivity index is 2.20. The van der Waals surface area contributed by atoms with Gasteiger partial charge in [0.05, 0.1) is 6.07 Å². The summed E-state index contributed by atoms with van der Waals surface area (Å²) >= 11 is 1.80. The van der Waals surface area contributed by atoms with Gasteiger partial charge in [-0.2, -0.15) is 5.26 Å². The molecule has 0 aliphatic carbocycles. The Morgan fingerprint density at radius 2 is 1.94 bits per heavy atom. The molecule has 1 atom stereocenters. The monoisotopic (exact) mass is 248 g/mol. The van der Waals surface area contributed by atoms with Gasteiger partial charge < -0.3 is 0 Å². The minimum Gasteiger partial charge on any atom is -0.284 e. The lowest BCUT2D eigenvalue weighted by Crippen LogP contribution is -2.23. The standard InChI is InChI=1S/C14H20N2S/c1-14(2,3)13-7-6-12(17-13)11(10-15)16-8-4-5-9-16/h6-7,11H,4-5,8-9H2,1-3H3. The number of thiophene rings is 1. The summed E-state index contributed by atoms with van der Waals surface area (Å²) in [6, 6.07) is 6.75. The van der Waals surface area contributed by atoms with Gasteiger partial charge in [0.25, 0.3) is 0 Å². The van der Waals surface area contributed by atoms with Gasteiger partial charge in [0.15, 0.2) is 0 Å². The van der Waals surface area contributed by atoms with Crippen LogP contribution >= 0.6 is 11.3 Å². The highest BCUT2D eigenvalue weighted by molar-refractivity contribution is 7.12. The zero-order valence-electron chi connectivity index (χ0n) is 10.9. The first-order valence-electron chi connectivity index (χ1n) is 6.26. The summed E-state index contributed by atoms with van der Waals surface area (Å²) < 4.78 is 0. The molecule has 0 saturated carbocycles. The van der Waals surface area contributed by atoms with E-state index in [0.717, 1.165) is 13.1 Å². The van der Waals surface area contributed by atoms with Crippen LogP contribution in [0.1, 0.15) is 49.4 Å². The maximum Gasteiger partial charge on any atom is 0.133 e. The van der Waals surface area contributed by atoms with Gasteiger partial charge in [-0.15, -0.1) is 11.3 Å². The fourth-order valence-electron chi connectivity index (χ4n) is 2.23. The lowest BCUT2D eigenvalue weighted by Gasteiger charge is -2.20. The molecule has 1 saturated heterocycles.